The van der Waals surface area contributed by atoms with Gasteiger partial charge in [-0.15, -0.1) is 0 Å². The second kappa shape index (κ2) is 6.40. The molecule has 3 aromatic rings. The number of carbonyl (C=O) groups is 1. The van der Waals surface area contributed by atoms with Gasteiger partial charge in [-0.05, 0) is 64.4 Å². The standard InChI is InChI=1S/C23H18O2/c24-15-18-7-4-10-22-21(18)12-11-17-6-1-2-9-20(17)23(22)14-16-5-3-8-19(25)13-16/h1-10,13-15,25H,11-12H2/b23-14-. The van der Waals surface area contributed by atoms with Crippen molar-refractivity contribution in [1.29, 1.82) is 0 Å². The predicted octanol–water partition coefficient (Wildman–Crippen LogP) is 4.89. The summed E-state index contributed by atoms with van der Waals surface area (Å²) < 4.78 is 0. The number of phenolic OH excluding ortho intramolecular Hbond substituents is 1. The van der Waals surface area contributed by atoms with Gasteiger partial charge < -0.3 is 5.11 Å². The summed E-state index contributed by atoms with van der Waals surface area (Å²) >= 11 is 0. The van der Waals surface area contributed by atoms with Crippen LogP contribution in [0.5, 0.6) is 5.75 Å². The average molecular weight is 326 g/mol. The van der Waals surface area contributed by atoms with Gasteiger partial charge in [0.15, 0.2) is 0 Å². The summed E-state index contributed by atoms with van der Waals surface area (Å²) in [5, 5.41) is 9.80. The highest BCUT2D eigenvalue weighted by Gasteiger charge is 2.19. The molecule has 0 saturated heterocycles. The molecule has 122 valence electrons. The van der Waals surface area contributed by atoms with Crippen LogP contribution in [0, 0.1) is 0 Å². The zero-order chi connectivity index (χ0) is 17.2. The molecule has 1 aliphatic carbocycles. The summed E-state index contributed by atoms with van der Waals surface area (Å²) in [4.78, 5) is 11.5. The maximum absolute atomic E-state index is 11.5. The third kappa shape index (κ3) is 2.87. The van der Waals surface area contributed by atoms with Crippen LogP contribution in [-0.4, -0.2) is 11.4 Å². The lowest BCUT2D eigenvalue weighted by Gasteiger charge is -2.13. The molecule has 3 aromatic carbocycles. The first kappa shape index (κ1) is 15.4. The fourth-order valence-corrected chi connectivity index (χ4v) is 3.59. The van der Waals surface area contributed by atoms with Gasteiger partial charge in [-0.25, -0.2) is 0 Å². The Morgan fingerprint density at radius 3 is 2.48 bits per heavy atom. The van der Waals surface area contributed by atoms with Crippen LogP contribution in [0.3, 0.4) is 0 Å². The number of rotatable bonds is 2. The molecule has 0 spiro atoms. The first-order valence-corrected chi connectivity index (χ1v) is 8.43. The van der Waals surface area contributed by atoms with Gasteiger partial charge in [0.25, 0.3) is 0 Å². The molecule has 0 saturated carbocycles. The maximum atomic E-state index is 11.5. The SMILES string of the molecule is O=Cc1cccc2c1CCc1ccccc1/C2=C/c1cccc(O)c1. The Kier molecular flexibility index (Phi) is 3.95. The van der Waals surface area contributed by atoms with E-state index < -0.39 is 0 Å². The van der Waals surface area contributed by atoms with Gasteiger partial charge in [-0.3, -0.25) is 4.79 Å². The van der Waals surface area contributed by atoms with Crippen molar-refractivity contribution < 1.29 is 9.90 Å². The molecule has 2 nitrogen and oxygen atoms in total. The quantitative estimate of drug-likeness (QED) is 0.681. The number of aromatic hydroxyl groups is 1. The molecule has 4 rings (SSSR count). The first-order chi connectivity index (χ1) is 12.3. The van der Waals surface area contributed by atoms with Crippen LogP contribution in [0.15, 0.2) is 66.7 Å². The van der Waals surface area contributed by atoms with E-state index in [-0.39, 0.29) is 5.75 Å². The lowest BCUT2D eigenvalue weighted by atomic mass is 9.91. The first-order valence-electron chi connectivity index (χ1n) is 8.43. The van der Waals surface area contributed by atoms with E-state index in [1.807, 2.05) is 30.3 Å². The van der Waals surface area contributed by atoms with E-state index in [0.717, 1.165) is 47.0 Å². The number of aryl methyl sites for hydroxylation is 1. The van der Waals surface area contributed by atoms with Crippen LogP contribution in [0.1, 0.15) is 38.2 Å². The molecule has 0 radical (unpaired) electrons. The molecule has 0 bridgehead atoms. The lowest BCUT2D eigenvalue weighted by molar-refractivity contribution is 0.112. The third-order valence-electron chi connectivity index (χ3n) is 4.76. The minimum Gasteiger partial charge on any atom is -0.508 e. The minimum atomic E-state index is 0.248. The molecule has 1 N–H and O–H groups in total. The van der Waals surface area contributed by atoms with Gasteiger partial charge >= 0.3 is 0 Å². The Labute approximate surface area is 147 Å². The Morgan fingerprint density at radius 1 is 0.840 bits per heavy atom. The molecule has 2 heteroatoms. The lowest BCUT2D eigenvalue weighted by Crippen LogP contribution is -1.98. The van der Waals surface area contributed by atoms with Crippen LogP contribution in [0.4, 0.5) is 0 Å². The van der Waals surface area contributed by atoms with Gasteiger partial charge in [0.2, 0.25) is 0 Å². The van der Waals surface area contributed by atoms with Crippen LogP contribution in [0.2, 0.25) is 0 Å². The van der Waals surface area contributed by atoms with E-state index in [0.29, 0.717) is 0 Å². The zero-order valence-electron chi connectivity index (χ0n) is 13.8. The fraction of sp³-hybridized carbons (Fsp3) is 0.0870. The summed E-state index contributed by atoms with van der Waals surface area (Å²) in [5.74, 6) is 0.248. The number of carbonyl (C=O) groups excluding carboxylic acids is 1. The summed E-state index contributed by atoms with van der Waals surface area (Å²) in [6.45, 7) is 0. The van der Waals surface area contributed by atoms with E-state index >= 15 is 0 Å². The molecule has 25 heavy (non-hydrogen) atoms. The van der Waals surface area contributed by atoms with E-state index in [2.05, 4.69) is 30.3 Å². The molecule has 0 unspecified atom stereocenters. The van der Waals surface area contributed by atoms with Gasteiger partial charge in [-0.1, -0.05) is 54.6 Å². The molecule has 0 aromatic heterocycles. The Morgan fingerprint density at radius 2 is 1.64 bits per heavy atom. The smallest absolute Gasteiger partial charge is 0.150 e. The molecule has 0 atom stereocenters. The predicted molar refractivity (Wildman–Crippen MR) is 101 cm³/mol. The fourth-order valence-electron chi connectivity index (χ4n) is 3.59. The van der Waals surface area contributed by atoms with Crippen molar-refractivity contribution >= 4 is 17.9 Å². The third-order valence-corrected chi connectivity index (χ3v) is 4.76. The number of benzene rings is 3. The van der Waals surface area contributed by atoms with Crippen molar-refractivity contribution in [3.63, 3.8) is 0 Å². The minimum absolute atomic E-state index is 0.248. The maximum Gasteiger partial charge on any atom is 0.150 e. The largest absolute Gasteiger partial charge is 0.508 e. The summed E-state index contributed by atoms with van der Waals surface area (Å²) in [6.07, 6.45) is 4.79. The average Bonchev–Trinajstić information content (AvgIpc) is 2.79. The van der Waals surface area contributed by atoms with Crippen molar-refractivity contribution in [2.24, 2.45) is 0 Å². The van der Waals surface area contributed by atoms with E-state index in [1.165, 1.54) is 11.1 Å². The Balaban J connectivity index is 2.00. The van der Waals surface area contributed by atoms with Gasteiger partial charge in [0, 0.05) is 5.56 Å². The van der Waals surface area contributed by atoms with Crippen molar-refractivity contribution in [2.75, 3.05) is 0 Å². The zero-order valence-corrected chi connectivity index (χ0v) is 13.8. The summed E-state index contributed by atoms with van der Waals surface area (Å²) in [7, 11) is 0. The normalized spacial score (nSPS) is 14.5. The second-order valence-electron chi connectivity index (χ2n) is 6.30. The van der Waals surface area contributed by atoms with Crippen molar-refractivity contribution in [3.05, 3.63) is 100 Å². The number of hydrogen-bond donors (Lipinski definition) is 1. The van der Waals surface area contributed by atoms with Gasteiger partial charge in [-0.2, -0.15) is 0 Å². The van der Waals surface area contributed by atoms with E-state index in [9.17, 15) is 9.90 Å². The molecule has 0 amide bonds. The Hall–Kier alpha value is -3.13. The molecular formula is C23H18O2. The Bertz CT molecular complexity index is 983. The second-order valence-corrected chi connectivity index (χ2v) is 6.30. The van der Waals surface area contributed by atoms with E-state index in [1.54, 1.807) is 12.1 Å². The van der Waals surface area contributed by atoms with Crippen molar-refractivity contribution in [2.45, 2.75) is 12.8 Å². The van der Waals surface area contributed by atoms with Crippen molar-refractivity contribution in [3.8, 4) is 5.75 Å². The topological polar surface area (TPSA) is 37.3 Å². The molecule has 0 heterocycles. The number of phenols is 1. The van der Waals surface area contributed by atoms with Crippen LogP contribution in [-0.2, 0) is 12.8 Å². The number of hydrogen-bond acceptors (Lipinski definition) is 2. The summed E-state index contributed by atoms with van der Waals surface area (Å²) in [5.41, 5.74) is 7.45. The number of aldehydes is 1. The number of fused-ring (bicyclic) bond motifs is 2. The monoisotopic (exact) mass is 326 g/mol. The molecule has 0 fully saturated rings. The van der Waals surface area contributed by atoms with Crippen LogP contribution in [0.25, 0.3) is 11.6 Å². The van der Waals surface area contributed by atoms with Crippen LogP contribution >= 0.6 is 0 Å². The highest BCUT2D eigenvalue weighted by Crippen LogP contribution is 2.36. The van der Waals surface area contributed by atoms with E-state index in [4.69, 9.17) is 0 Å². The van der Waals surface area contributed by atoms with Crippen molar-refractivity contribution in [1.82, 2.24) is 0 Å². The van der Waals surface area contributed by atoms with Crippen LogP contribution < -0.4 is 0 Å². The highest BCUT2D eigenvalue weighted by atomic mass is 16.3. The van der Waals surface area contributed by atoms with Gasteiger partial charge in [0.05, 0.1) is 0 Å². The molecule has 0 aliphatic heterocycles. The molecular weight excluding hydrogens is 308 g/mol. The highest BCUT2D eigenvalue weighted by molar-refractivity contribution is 5.96. The summed E-state index contributed by atoms with van der Waals surface area (Å²) in [6, 6.07) is 21.5. The van der Waals surface area contributed by atoms with Gasteiger partial charge in [0.1, 0.15) is 12.0 Å². The molecule has 1 aliphatic rings.